The maximum atomic E-state index is 10.2. The van der Waals surface area contributed by atoms with Crippen LogP contribution in [0.5, 0.6) is 0 Å². The molecule has 10 heteroatoms. The van der Waals surface area contributed by atoms with Crippen LogP contribution in [-0.4, -0.2) is 106 Å². The third kappa shape index (κ3) is 3.66. The van der Waals surface area contributed by atoms with Crippen molar-refractivity contribution in [3.8, 4) is 0 Å². The molecule has 0 unspecified atom stereocenters. The summed E-state index contributed by atoms with van der Waals surface area (Å²) in [6, 6.07) is 0. The number of rotatable bonds is 4. The van der Waals surface area contributed by atoms with Gasteiger partial charge in [-0.3, -0.25) is 0 Å². The summed E-state index contributed by atoms with van der Waals surface area (Å²) in [6.07, 6.45) is -12.7. The van der Waals surface area contributed by atoms with E-state index in [4.69, 9.17) is 18.9 Å². The SMILES string of the molecule is CO[C@H]1[C@@H](O)[C@@H](CO)O[C@@H](O[C@@H]2[C@@H](O)[C@@H](O)[C@@H](O)O[C@H]2C)[C@@H]1O. The molecular formula is C13H24O10. The lowest BCUT2D eigenvalue weighted by Crippen LogP contribution is -2.63. The van der Waals surface area contributed by atoms with Gasteiger partial charge in [0.1, 0.15) is 42.7 Å². The van der Waals surface area contributed by atoms with Crippen LogP contribution < -0.4 is 0 Å². The molecule has 0 bridgehead atoms. The van der Waals surface area contributed by atoms with Gasteiger partial charge in [0.2, 0.25) is 0 Å². The fraction of sp³-hybridized carbons (Fsp3) is 1.00. The van der Waals surface area contributed by atoms with Crippen LogP contribution in [0.2, 0.25) is 0 Å². The average Bonchev–Trinajstić information content (AvgIpc) is 2.52. The van der Waals surface area contributed by atoms with Gasteiger partial charge in [-0.15, -0.1) is 0 Å². The molecule has 0 aromatic carbocycles. The lowest BCUT2D eigenvalue weighted by atomic mass is 9.97. The first-order chi connectivity index (χ1) is 10.8. The first-order valence-electron chi connectivity index (χ1n) is 7.32. The van der Waals surface area contributed by atoms with Gasteiger partial charge in [-0.05, 0) is 6.92 Å². The second kappa shape index (κ2) is 7.66. The summed E-state index contributed by atoms with van der Waals surface area (Å²) in [5, 5.41) is 58.5. The van der Waals surface area contributed by atoms with Gasteiger partial charge in [0, 0.05) is 7.11 Å². The van der Waals surface area contributed by atoms with Crippen molar-refractivity contribution in [3.05, 3.63) is 0 Å². The van der Waals surface area contributed by atoms with Crippen LogP contribution >= 0.6 is 0 Å². The first-order valence-corrected chi connectivity index (χ1v) is 7.32. The molecule has 0 aromatic rings. The Bertz CT molecular complexity index is 382. The normalized spacial score (nSPS) is 51.7. The minimum absolute atomic E-state index is 0.534. The summed E-state index contributed by atoms with van der Waals surface area (Å²) in [6.45, 7) is 0.971. The standard InChI is InChI=1S/C13H24O10/c1-4-10(7(16)8(17)12(19)21-4)23-13-9(18)11(20-2)6(15)5(3-14)22-13/h4-19H,3H2,1-2H3/t4-,5+,6-,7-,8+,9+,10-,11-,12-,13-/m0/s1. The maximum absolute atomic E-state index is 10.2. The van der Waals surface area contributed by atoms with Gasteiger partial charge in [0.15, 0.2) is 12.6 Å². The number of aliphatic hydroxyl groups is 6. The number of methoxy groups -OCH3 is 1. The second-order valence-electron chi connectivity index (χ2n) is 5.72. The Morgan fingerprint density at radius 1 is 0.870 bits per heavy atom. The van der Waals surface area contributed by atoms with Crippen molar-refractivity contribution >= 4 is 0 Å². The molecule has 0 saturated carbocycles. The van der Waals surface area contributed by atoms with E-state index in [1.807, 2.05) is 0 Å². The molecule has 136 valence electrons. The monoisotopic (exact) mass is 340 g/mol. The molecule has 0 aromatic heterocycles. The zero-order chi connectivity index (χ0) is 17.3. The molecule has 23 heavy (non-hydrogen) atoms. The molecule has 6 N–H and O–H groups in total. The highest BCUT2D eigenvalue weighted by atomic mass is 16.7. The molecule has 2 heterocycles. The molecule has 0 radical (unpaired) electrons. The Morgan fingerprint density at radius 3 is 2.09 bits per heavy atom. The van der Waals surface area contributed by atoms with Crippen LogP contribution in [-0.2, 0) is 18.9 Å². The molecule has 10 atom stereocenters. The van der Waals surface area contributed by atoms with E-state index < -0.39 is 68.0 Å². The Labute approximate surface area is 132 Å². The lowest BCUT2D eigenvalue weighted by molar-refractivity contribution is -0.352. The minimum Gasteiger partial charge on any atom is -0.394 e. The topological polar surface area (TPSA) is 158 Å². The highest BCUT2D eigenvalue weighted by Gasteiger charge is 2.49. The van der Waals surface area contributed by atoms with E-state index in [0.29, 0.717) is 0 Å². The summed E-state index contributed by atoms with van der Waals surface area (Å²) in [7, 11) is 1.27. The van der Waals surface area contributed by atoms with Crippen LogP contribution in [0.3, 0.4) is 0 Å². The Morgan fingerprint density at radius 2 is 1.52 bits per heavy atom. The van der Waals surface area contributed by atoms with E-state index in [0.717, 1.165) is 0 Å². The molecule has 2 aliphatic heterocycles. The molecule has 2 rings (SSSR count). The summed E-state index contributed by atoms with van der Waals surface area (Å²) >= 11 is 0. The number of hydrogen-bond donors (Lipinski definition) is 6. The number of ether oxygens (including phenoxy) is 4. The molecule has 0 amide bonds. The second-order valence-corrected chi connectivity index (χ2v) is 5.72. The predicted octanol–water partition coefficient (Wildman–Crippen LogP) is -3.72. The third-order valence-corrected chi connectivity index (χ3v) is 4.18. The van der Waals surface area contributed by atoms with Gasteiger partial charge >= 0.3 is 0 Å². The van der Waals surface area contributed by atoms with Crippen molar-refractivity contribution in [2.24, 2.45) is 0 Å². The molecule has 0 aliphatic carbocycles. The number of hydrogen-bond acceptors (Lipinski definition) is 10. The van der Waals surface area contributed by atoms with E-state index in [-0.39, 0.29) is 0 Å². The van der Waals surface area contributed by atoms with E-state index in [9.17, 15) is 30.6 Å². The van der Waals surface area contributed by atoms with Crippen molar-refractivity contribution < 1.29 is 49.6 Å². The fourth-order valence-corrected chi connectivity index (χ4v) is 2.81. The lowest BCUT2D eigenvalue weighted by Gasteiger charge is -2.45. The van der Waals surface area contributed by atoms with Crippen molar-refractivity contribution in [3.63, 3.8) is 0 Å². The van der Waals surface area contributed by atoms with Gasteiger partial charge < -0.3 is 49.6 Å². The van der Waals surface area contributed by atoms with Crippen LogP contribution in [0.1, 0.15) is 6.92 Å². The van der Waals surface area contributed by atoms with E-state index >= 15 is 0 Å². The highest BCUT2D eigenvalue weighted by molar-refractivity contribution is 4.93. The summed E-state index contributed by atoms with van der Waals surface area (Å²) in [5.74, 6) is 0. The van der Waals surface area contributed by atoms with E-state index in [1.165, 1.54) is 14.0 Å². The van der Waals surface area contributed by atoms with Crippen molar-refractivity contribution in [2.75, 3.05) is 13.7 Å². The van der Waals surface area contributed by atoms with E-state index in [2.05, 4.69) is 0 Å². The van der Waals surface area contributed by atoms with Gasteiger partial charge in [-0.25, -0.2) is 0 Å². The number of aliphatic hydroxyl groups excluding tert-OH is 6. The van der Waals surface area contributed by atoms with Crippen LogP contribution in [0.15, 0.2) is 0 Å². The largest absolute Gasteiger partial charge is 0.394 e. The molecule has 0 spiro atoms. The summed E-state index contributed by atoms with van der Waals surface area (Å²) in [5.41, 5.74) is 0. The Kier molecular flexibility index (Phi) is 6.30. The summed E-state index contributed by atoms with van der Waals surface area (Å²) < 4.78 is 20.8. The zero-order valence-corrected chi connectivity index (χ0v) is 12.8. The van der Waals surface area contributed by atoms with Crippen LogP contribution in [0, 0.1) is 0 Å². The first kappa shape index (κ1) is 18.9. The molecule has 2 aliphatic rings. The van der Waals surface area contributed by atoms with Crippen molar-refractivity contribution in [1.82, 2.24) is 0 Å². The van der Waals surface area contributed by atoms with Crippen molar-refractivity contribution in [1.29, 1.82) is 0 Å². The van der Waals surface area contributed by atoms with E-state index in [1.54, 1.807) is 0 Å². The molecule has 10 nitrogen and oxygen atoms in total. The highest BCUT2D eigenvalue weighted by Crippen LogP contribution is 2.29. The maximum Gasteiger partial charge on any atom is 0.187 e. The summed E-state index contributed by atoms with van der Waals surface area (Å²) in [4.78, 5) is 0. The van der Waals surface area contributed by atoms with Gasteiger partial charge in [-0.2, -0.15) is 0 Å². The Hall–Kier alpha value is -0.400. The smallest absolute Gasteiger partial charge is 0.187 e. The quantitative estimate of drug-likeness (QED) is 0.300. The van der Waals surface area contributed by atoms with Crippen LogP contribution in [0.25, 0.3) is 0 Å². The average molecular weight is 340 g/mol. The zero-order valence-electron chi connectivity index (χ0n) is 12.8. The molecule has 2 saturated heterocycles. The van der Waals surface area contributed by atoms with Gasteiger partial charge in [-0.1, -0.05) is 0 Å². The van der Waals surface area contributed by atoms with Gasteiger partial charge in [0.25, 0.3) is 0 Å². The van der Waals surface area contributed by atoms with Crippen molar-refractivity contribution in [2.45, 2.75) is 68.3 Å². The van der Waals surface area contributed by atoms with Crippen LogP contribution in [0.4, 0.5) is 0 Å². The fourth-order valence-electron chi connectivity index (χ4n) is 2.81. The third-order valence-electron chi connectivity index (χ3n) is 4.18. The Balaban J connectivity index is 2.11. The molecule has 2 fully saturated rings. The van der Waals surface area contributed by atoms with Gasteiger partial charge in [0.05, 0.1) is 12.7 Å². The predicted molar refractivity (Wildman–Crippen MR) is 72.0 cm³/mol. The minimum atomic E-state index is -1.59. The molecular weight excluding hydrogens is 316 g/mol.